The summed E-state index contributed by atoms with van der Waals surface area (Å²) in [7, 11) is 0. The zero-order valence-corrected chi connectivity index (χ0v) is 7.56. The van der Waals surface area contributed by atoms with Gasteiger partial charge in [-0.15, -0.1) is 0 Å². The van der Waals surface area contributed by atoms with E-state index in [1.54, 1.807) is 0 Å². The van der Waals surface area contributed by atoms with Crippen molar-refractivity contribution in [2.45, 2.75) is 0 Å². The highest BCUT2D eigenvalue weighted by atomic mass is 35.5. The first kappa shape index (κ1) is 11.1. The summed E-state index contributed by atoms with van der Waals surface area (Å²) in [4.78, 5) is 3.03. The number of hydrogen-bond donors (Lipinski definition) is 0. The molecule has 8 heteroatoms. The van der Waals surface area contributed by atoms with E-state index in [2.05, 4.69) is 4.98 Å². The quantitative estimate of drug-likeness (QED) is 0.550. The second kappa shape index (κ2) is 4.03. The third-order valence-corrected chi connectivity index (χ3v) is 1.73. The lowest BCUT2D eigenvalue weighted by Gasteiger charge is -2.06. The van der Waals surface area contributed by atoms with E-state index in [0.29, 0.717) is 0 Å². The van der Waals surface area contributed by atoms with Crippen LogP contribution >= 0.6 is 11.6 Å². The van der Waals surface area contributed by atoms with Crippen LogP contribution in [0.1, 0.15) is 11.1 Å². The first-order chi connectivity index (χ1) is 7.02. The van der Waals surface area contributed by atoms with Crippen LogP contribution in [-0.4, -0.2) is 4.98 Å². The fourth-order valence-corrected chi connectivity index (χ4v) is 1.04. The second-order valence-electron chi connectivity index (χ2n) is 2.25. The molecule has 1 heterocycles. The fraction of sp³-hybridized carbons (Fsp3) is 0. The third-order valence-electron chi connectivity index (χ3n) is 1.46. The van der Waals surface area contributed by atoms with Crippen molar-refractivity contribution in [2.24, 2.45) is 0 Å². The van der Waals surface area contributed by atoms with Gasteiger partial charge in [-0.25, -0.2) is 9.37 Å². The highest BCUT2D eigenvalue weighted by molar-refractivity contribution is 6.30. The van der Waals surface area contributed by atoms with E-state index in [1.807, 2.05) is 0 Å². The molecule has 0 saturated heterocycles. The highest BCUT2D eigenvalue weighted by Crippen LogP contribution is 2.27. The van der Waals surface area contributed by atoms with Crippen molar-refractivity contribution in [3.63, 3.8) is 0 Å². The molecule has 0 N–H and O–H groups in total. The van der Waals surface area contributed by atoms with Gasteiger partial charge in [-0.05, 0) is 5.34 Å². The van der Waals surface area contributed by atoms with Gasteiger partial charge >= 0.3 is 0 Å². The van der Waals surface area contributed by atoms with Crippen LogP contribution in [0.3, 0.4) is 0 Å². The number of nitriles is 2. The average Bonchev–Trinajstić information content (AvgIpc) is 2.17. The van der Waals surface area contributed by atoms with Gasteiger partial charge in [-0.3, -0.25) is 0 Å². The van der Waals surface area contributed by atoms with Crippen LogP contribution in [0.2, 0.25) is 5.15 Å². The van der Waals surface area contributed by atoms with Crippen molar-refractivity contribution in [3.8, 4) is 12.1 Å². The van der Waals surface area contributed by atoms with Crippen molar-refractivity contribution < 1.29 is 13.4 Å². The van der Waals surface area contributed by atoms with Crippen molar-refractivity contribution >= 4 is 17.4 Å². The molecule has 0 aromatic carbocycles. The SMILES string of the molecule is N#Cc1c(Cl)nc(N(F)F)c(C#N)c1F. The summed E-state index contributed by atoms with van der Waals surface area (Å²) in [5.41, 5.74) is -1.76. The Morgan fingerprint density at radius 3 is 2.13 bits per heavy atom. The van der Waals surface area contributed by atoms with Crippen LogP contribution in [0, 0.1) is 28.5 Å². The van der Waals surface area contributed by atoms with Crippen molar-refractivity contribution in [3.05, 3.63) is 22.1 Å². The minimum atomic E-state index is -1.55. The van der Waals surface area contributed by atoms with Gasteiger partial charge in [0.1, 0.15) is 23.3 Å². The Balaban J connectivity index is 3.63. The van der Waals surface area contributed by atoms with Crippen LogP contribution in [0.25, 0.3) is 0 Å². The molecule has 1 rings (SSSR count). The molecule has 0 bridgehead atoms. The minimum absolute atomic E-state index is 0.718. The van der Waals surface area contributed by atoms with E-state index in [9.17, 15) is 13.4 Å². The maximum atomic E-state index is 13.2. The van der Waals surface area contributed by atoms with E-state index < -0.39 is 33.3 Å². The topological polar surface area (TPSA) is 63.7 Å². The standard InChI is InChI=1S/C7ClF3N4/c8-6-3(1-12)5(9)4(2-13)7(14-6)15(10)11. The van der Waals surface area contributed by atoms with Crippen molar-refractivity contribution in [2.75, 3.05) is 5.34 Å². The Hall–Kier alpha value is -1.99. The molecule has 0 spiro atoms. The third kappa shape index (κ3) is 1.78. The highest BCUT2D eigenvalue weighted by Gasteiger charge is 2.23. The predicted octanol–water partition coefficient (Wildman–Crippen LogP) is 2.19. The van der Waals surface area contributed by atoms with Gasteiger partial charge in [0.2, 0.25) is 5.82 Å². The summed E-state index contributed by atoms with van der Waals surface area (Å²) >= 11 is 5.26. The molecule has 76 valence electrons. The molecule has 0 saturated carbocycles. The zero-order chi connectivity index (χ0) is 11.6. The van der Waals surface area contributed by atoms with E-state index in [4.69, 9.17) is 22.1 Å². The number of nitrogens with zero attached hydrogens (tertiary/aromatic N) is 4. The molecule has 1 aromatic heterocycles. The maximum absolute atomic E-state index is 13.2. The Bertz CT molecular complexity index is 488. The molecule has 15 heavy (non-hydrogen) atoms. The molecule has 0 unspecified atom stereocenters. The van der Waals surface area contributed by atoms with Gasteiger partial charge in [-0.2, -0.15) is 10.5 Å². The minimum Gasteiger partial charge on any atom is -0.211 e. The van der Waals surface area contributed by atoms with E-state index >= 15 is 0 Å². The molecule has 0 amide bonds. The van der Waals surface area contributed by atoms with Gasteiger partial charge in [0.25, 0.3) is 0 Å². The average molecular weight is 233 g/mol. The Morgan fingerprint density at radius 1 is 1.20 bits per heavy atom. The Kier molecular flexibility index (Phi) is 2.98. The molecule has 0 fully saturated rings. The Morgan fingerprint density at radius 2 is 1.73 bits per heavy atom. The molecule has 0 atom stereocenters. The van der Waals surface area contributed by atoms with Crippen LogP contribution in [-0.2, 0) is 0 Å². The molecule has 0 aliphatic carbocycles. The summed E-state index contributed by atoms with van der Waals surface area (Å²) in [6.45, 7) is 0. The van der Waals surface area contributed by atoms with Crippen LogP contribution in [0.4, 0.5) is 19.2 Å². The van der Waals surface area contributed by atoms with Crippen molar-refractivity contribution in [1.82, 2.24) is 4.98 Å². The molecule has 0 radical (unpaired) electrons. The number of anilines is 1. The maximum Gasteiger partial charge on any atom is 0.216 e. The number of halogens is 4. The molecular weight excluding hydrogens is 233 g/mol. The largest absolute Gasteiger partial charge is 0.216 e. The van der Waals surface area contributed by atoms with Crippen LogP contribution in [0.5, 0.6) is 0 Å². The lowest BCUT2D eigenvalue weighted by molar-refractivity contribution is 0.230. The Labute approximate surface area is 86.6 Å². The van der Waals surface area contributed by atoms with E-state index in [-0.39, 0.29) is 0 Å². The number of rotatable bonds is 1. The van der Waals surface area contributed by atoms with Gasteiger partial charge in [-0.1, -0.05) is 20.6 Å². The van der Waals surface area contributed by atoms with Crippen LogP contribution in [0.15, 0.2) is 0 Å². The summed E-state index contributed by atoms with van der Waals surface area (Å²) in [6, 6.07) is 2.50. The normalized spacial score (nSPS) is 9.20. The number of pyridine rings is 1. The monoisotopic (exact) mass is 232 g/mol. The predicted molar refractivity (Wildman–Crippen MR) is 43.3 cm³/mol. The molecule has 0 aliphatic heterocycles. The molecule has 4 nitrogen and oxygen atoms in total. The first-order valence-corrected chi connectivity index (χ1v) is 3.71. The lowest BCUT2D eigenvalue weighted by atomic mass is 10.2. The summed E-state index contributed by atoms with van der Waals surface area (Å²) < 4.78 is 37.5. The van der Waals surface area contributed by atoms with Gasteiger partial charge in [0.15, 0.2) is 11.0 Å². The molecular formula is C7ClF3N4. The van der Waals surface area contributed by atoms with E-state index in [0.717, 1.165) is 0 Å². The smallest absolute Gasteiger partial charge is 0.211 e. The molecule has 0 aliphatic rings. The van der Waals surface area contributed by atoms with E-state index in [1.165, 1.54) is 12.1 Å². The first-order valence-electron chi connectivity index (χ1n) is 3.33. The van der Waals surface area contributed by atoms with Gasteiger partial charge in [0.05, 0.1) is 0 Å². The summed E-state index contributed by atoms with van der Waals surface area (Å²) in [5.74, 6) is -2.63. The summed E-state index contributed by atoms with van der Waals surface area (Å²) in [5, 5.41) is 14.6. The van der Waals surface area contributed by atoms with Gasteiger partial charge < -0.3 is 0 Å². The van der Waals surface area contributed by atoms with Crippen molar-refractivity contribution in [1.29, 1.82) is 10.5 Å². The van der Waals surface area contributed by atoms with Crippen LogP contribution < -0.4 is 5.34 Å². The summed E-state index contributed by atoms with van der Waals surface area (Å²) in [6.07, 6.45) is 0. The number of hydrogen-bond acceptors (Lipinski definition) is 4. The number of aromatic nitrogens is 1. The van der Waals surface area contributed by atoms with Gasteiger partial charge in [0, 0.05) is 0 Å². The lowest BCUT2D eigenvalue weighted by Crippen LogP contribution is -2.06. The fourth-order valence-electron chi connectivity index (χ4n) is 0.835. The zero-order valence-electron chi connectivity index (χ0n) is 6.80. The molecule has 1 aromatic rings. The second-order valence-corrected chi connectivity index (χ2v) is 2.60.